The average molecular weight is 261 g/mol. The van der Waals surface area contributed by atoms with E-state index in [-0.39, 0.29) is 5.91 Å². The number of nitrogens with one attached hydrogen (secondary N) is 1. The van der Waals surface area contributed by atoms with Gasteiger partial charge in [-0.1, -0.05) is 6.92 Å². The number of nitrogens with two attached hydrogens (primary N) is 1. The molecule has 4 heteroatoms. The molecule has 1 heterocycles. The van der Waals surface area contributed by atoms with Crippen LogP contribution in [0.4, 0.5) is 5.69 Å². The molecule has 0 radical (unpaired) electrons. The quantitative estimate of drug-likeness (QED) is 0.810. The third-order valence-corrected chi connectivity index (χ3v) is 3.73. The number of carbonyl (C=O) groups excluding carboxylic acids is 1. The van der Waals surface area contributed by atoms with Gasteiger partial charge < -0.3 is 16.0 Å². The molecule has 1 amide bonds. The summed E-state index contributed by atoms with van der Waals surface area (Å²) in [5, 5.41) is 3.02. The summed E-state index contributed by atoms with van der Waals surface area (Å²) in [7, 11) is 0. The zero-order valence-electron chi connectivity index (χ0n) is 11.8. The van der Waals surface area contributed by atoms with Crippen LogP contribution in [0.3, 0.4) is 0 Å². The van der Waals surface area contributed by atoms with Gasteiger partial charge in [-0.25, -0.2) is 0 Å². The van der Waals surface area contributed by atoms with Crippen molar-refractivity contribution in [2.24, 2.45) is 5.92 Å². The molecule has 0 aromatic heterocycles. The number of likely N-dealkylation sites (tertiary alicyclic amines) is 1. The summed E-state index contributed by atoms with van der Waals surface area (Å²) in [5.74, 6) is 0.552. The smallest absolute Gasteiger partial charge is 0.251 e. The number of rotatable bonds is 4. The van der Waals surface area contributed by atoms with E-state index in [0.717, 1.165) is 31.7 Å². The van der Waals surface area contributed by atoms with E-state index in [2.05, 4.69) is 17.1 Å². The third kappa shape index (κ3) is 3.70. The molecule has 3 N–H and O–H groups in total. The number of nitrogens with zero attached hydrogens (tertiary/aromatic N) is 1. The van der Waals surface area contributed by atoms with E-state index in [1.54, 1.807) is 6.07 Å². The first kappa shape index (κ1) is 13.9. The number of hydrogen-bond donors (Lipinski definition) is 2. The molecule has 1 aliphatic rings. The molecule has 0 saturated carbocycles. The van der Waals surface area contributed by atoms with Crippen LogP contribution in [0.25, 0.3) is 0 Å². The second-order valence-electron chi connectivity index (χ2n) is 5.39. The molecule has 1 saturated heterocycles. The number of anilines is 1. The Hall–Kier alpha value is -1.55. The normalized spacial score (nSPS) is 19.6. The Morgan fingerprint density at radius 1 is 1.47 bits per heavy atom. The molecule has 0 aliphatic carbocycles. The zero-order valence-corrected chi connectivity index (χ0v) is 11.8. The predicted octanol–water partition coefficient (Wildman–Crippen LogP) is 1.65. The maximum absolute atomic E-state index is 12.1. The summed E-state index contributed by atoms with van der Waals surface area (Å²) in [6.07, 6.45) is 1.17. The van der Waals surface area contributed by atoms with Gasteiger partial charge in [0.1, 0.15) is 0 Å². The van der Waals surface area contributed by atoms with Gasteiger partial charge in [0.2, 0.25) is 0 Å². The van der Waals surface area contributed by atoms with E-state index in [1.807, 2.05) is 19.1 Å². The lowest BCUT2D eigenvalue weighted by Gasteiger charge is -2.14. The fourth-order valence-electron chi connectivity index (χ4n) is 2.65. The Kier molecular flexibility index (Phi) is 4.43. The van der Waals surface area contributed by atoms with Crippen LogP contribution in [-0.4, -0.2) is 37.0 Å². The van der Waals surface area contributed by atoms with Crippen LogP contribution in [0.2, 0.25) is 0 Å². The van der Waals surface area contributed by atoms with Crippen molar-refractivity contribution in [1.82, 2.24) is 10.2 Å². The van der Waals surface area contributed by atoms with Crippen molar-refractivity contribution in [3.05, 3.63) is 29.3 Å². The largest absolute Gasteiger partial charge is 0.399 e. The van der Waals surface area contributed by atoms with Crippen molar-refractivity contribution in [2.45, 2.75) is 20.3 Å². The van der Waals surface area contributed by atoms with Gasteiger partial charge in [0.25, 0.3) is 5.91 Å². The highest BCUT2D eigenvalue weighted by atomic mass is 16.1. The van der Waals surface area contributed by atoms with Gasteiger partial charge in [-0.3, -0.25) is 4.79 Å². The van der Waals surface area contributed by atoms with Crippen molar-refractivity contribution >= 4 is 11.6 Å². The summed E-state index contributed by atoms with van der Waals surface area (Å²) in [6.45, 7) is 8.21. The summed E-state index contributed by atoms with van der Waals surface area (Å²) in [6, 6.07) is 5.47. The average Bonchev–Trinajstić information content (AvgIpc) is 2.82. The molecular weight excluding hydrogens is 238 g/mol. The monoisotopic (exact) mass is 261 g/mol. The maximum Gasteiger partial charge on any atom is 0.251 e. The molecule has 0 bridgehead atoms. The van der Waals surface area contributed by atoms with Gasteiger partial charge >= 0.3 is 0 Å². The number of amides is 1. The number of carbonyl (C=O) groups is 1. The predicted molar refractivity (Wildman–Crippen MR) is 78.1 cm³/mol. The third-order valence-electron chi connectivity index (χ3n) is 3.73. The Morgan fingerprint density at radius 3 is 2.89 bits per heavy atom. The van der Waals surface area contributed by atoms with Gasteiger partial charge in [-0.2, -0.15) is 0 Å². The molecule has 0 spiro atoms. The van der Waals surface area contributed by atoms with E-state index in [4.69, 9.17) is 5.73 Å². The highest BCUT2D eigenvalue weighted by molar-refractivity contribution is 5.95. The lowest BCUT2D eigenvalue weighted by molar-refractivity contribution is 0.0947. The van der Waals surface area contributed by atoms with Gasteiger partial charge in [0.15, 0.2) is 0 Å². The molecule has 1 aliphatic heterocycles. The lowest BCUT2D eigenvalue weighted by Crippen LogP contribution is -2.31. The van der Waals surface area contributed by atoms with E-state index >= 15 is 0 Å². The molecule has 1 aromatic carbocycles. The second kappa shape index (κ2) is 6.06. The molecule has 2 rings (SSSR count). The molecule has 19 heavy (non-hydrogen) atoms. The SMILES string of the molecule is CCN1CCC(CNC(=O)c2cc(C)cc(N)c2)C1. The van der Waals surface area contributed by atoms with Gasteiger partial charge in [0.05, 0.1) is 0 Å². The van der Waals surface area contributed by atoms with Crippen molar-refractivity contribution in [3.8, 4) is 0 Å². The van der Waals surface area contributed by atoms with E-state index in [9.17, 15) is 4.79 Å². The minimum atomic E-state index is -0.0228. The fourth-order valence-corrected chi connectivity index (χ4v) is 2.65. The van der Waals surface area contributed by atoms with Crippen LogP contribution in [0.5, 0.6) is 0 Å². The molecule has 1 atom stereocenters. The van der Waals surface area contributed by atoms with E-state index in [0.29, 0.717) is 17.2 Å². The van der Waals surface area contributed by atoms with Crippen molar-refractivity contribution in [2.75, 3.05) is 31.9 Å². The second-order valence-corrected chi connectivity index (χ2v) is 5.39. The number of benzene rings is 1. The minimum Gasteiger partial charge on any atom is -0.399 e. The Bertz CT molecular complexity index is 438. The zero-order chi connectivity index (χ0) is 13.8. The van der Waals surface area contributed by atoms with Crippen molar-refractivity contribution in [3.63, 3.8) is 0 Å². The Balaban J connectivity index is 1.87. The first-order valence-electron chi connectivity index (χ1n) is 6.96. The Labute approximate surface area is 115 Å². The van der Waals surface area contributed by atoms with Crippen LogP contribution in [-0.2, 0) is 0 Å². The highest BCUT2D eigenvalue weighted by Gasteiger charge is 2.21. The van der Waals surface area contributed by atoms with Gasteiger partial charge in [-0.15, -0.1) is 0 Å². The minimum absolute atomic E-state index is 0.0228. The van der Waals surface area contributed by atoms with Crippen LogP contribution >= 0.6 is 0 Å². The van der Waals surface area contributed by atoms with Crippen molar-refractivity contribution < 1.29 is 4.79 Å². The molecule has 1 fully saturated rings. The van der Waals surface area contributed by atoms with E-state index < -0.39 is 0 Å². The van der Waals surface area contributed by atoms with Gasteiger partial charge in [0, 0.05) is 24.3 Å². The number of nitrogen functional groups attached to an aromatic ring is 1. The topological polar surface area (TPSA) is 58.4 Å². The first-order valence-corrected chi connectivity index (χ1v) is 6.96. The first-order chi connectivity index (χ1) is 9.08. The highest BCUT2D eigenvalue weighted by Crippen LogP contribution is 2.15. The maximum atomic E-state index is 12.1. The summed E-state index contributed by atoms with van der Waals surface area (Å²) in [5.41, 5.74) is 8.08. The van der Waals surface area contributed by atoms with Gasteiger partial charge in [-0.05, 0) is 56.1 Å². The molecule has 1 aromatic rings. The van der Waals surface area contributed by atoms with Crippen LogP contribution < -0.4 is 11.1 Å². The fraction of sp³-hybridized carbons (Fsp3) is 0.533. The van der Waals surface area contributed by atoms with Crippen LogP contribution in [0, 0.1) is 12.8 Å². The Morgan fingerprint density at radius 2 is 2.26 bits per heavy atom. The lowest BCUT2D eigenvalue weighted by atomic mass is 10.1. The summed E-state index contributed by atoms with van der Waals surface area (Å²) in [4.78, 5) is 14.5. The van der Waals surface area contributed by atoms with Crippen LogP contribution in [0.15, 0.2) is 18.2 Å². The molecular formula is C15H23N3O. The number of hydrogen-bond acceptors (Lipinski definition) is 3. The van der Waals surface area contributed by atoms with Crippen molar-refractivity contribution in [1.29, 1.82) is 0 Å². The summed E-state index contributed by atoms with van der Waals surface area (Å²) < 4.78 is 0. The van der Waals surface area contributed by atoms with Crippen LogP contribution in [0.1, 0.15) is 29.3 Å². The molecule has 104 valence electrons. The molecule has 4 nitrogen and oxygen atoms in total. The molecule has 1 unspecified atom stereocenters. The van der Waals surface area contributed by atoms with E-state index in [1.165, 1.54) is 6.42 Å². The summed E-state index contributed by atoms with van der Waals surface area (Å²) >= 11 is 0. The number of aryl methyl sites for hydroxylation is 1. The standard InChI is InChI=1S/C15H23N3O/c1-3-18-5-4-12(10-18)9-17-15(19)13-6-11(2)7-14(16)8-13/h6-8,12H,3-5,9-10,16H2,1-2H3,(H,17,19).